The summed E-state index contributed by atoms with van der Waals surface area (Å²) in [5.74, 6) is -0.152. The summed E-state index contributed by atoms with van der Waals surface area (Å²) in [6.07, 6.45) is 8.68. The molecule has 0 aromatic heterocycles. The molecule has 0 N–H and O–H groups in total. The fourth-order valence-electron chi connectivity index (χ4n) is 0.835. The summed E-state index contributed by atoms with van der Waals surface area (Å²) in [7, 11) is 0. The van der Waals surface area contributed by atoms with Crippen molar-refractivity contribution in [2.45, 2.75) is 40.5 Å². The first-order valence-corrected chi connectivity index (χ1v) is 5.84. The normalized spacial score (nSPS) is 10.6. The molecule has 16 heavy (non-hydrogen) atoms. The van der Waals surface area contributed by atoms with Gasteiger partial charge in [0.1, 0.15) is 6.61 Å². The third-order valence-electron chi connectivity index (χ3n) is 1.62. The molecule has 92 valence electrons. The number of esters is 1. The quantitative estimate of drug-likeness (QED) is 0.502. The van der Waals surface area contributed by atoms with E-state index in [4.69, 9.17) is 4.74 Å². The molecular weight excluding hydrogens is 200 g/mol. The van der Waals surface area contributed by atoms with E-state index in [1.165, 1.54) is 0 Å². The van der Waals surface area contributed by atoms with Gasteiger partial charge in [0, 0.05) is 6.42 Å². The summed E-state index contributed by atoms with van der Waals surface area (Å²) in [6, 6.07) is 0. The number of hydrogen-bond acceptors (Lipinski definition) is 2. The molecule has 0 aromatic carbocycles. The first-order valence-electron chi connectivity index (χ1n) is 5.84. The van der Waals surface area contributed by atoms with Gasteiger partial charge in [0.25, 0.3) is 0 Å². The molecule has 0 aliphatic heterocycles. The molecule has 0 aliphatic carbocycles. The van der Waals surface area contributed by atoms with Gasteiger partial charge in [0.05, 0.1) is 0 Å². The minimum Gasteiger partial charge on any atom is -0.461 e. The van der Waals surface area contributed by atoms with Gasteiger partial charge in [-0.15, -0.1) is 0 Å². The zero-order valence-corrected chi connectivity index (χ0v) is 11.0. The van der Waals surface area contributed by atoms with Crippen LogP contribution in [-0.2, 0) is 9.53 Å². The highest BCUT2D eigenvalue weighted by Gasteiger charge is 2.00. The van der Waals surface area contributed by atoms with E-state index in [9.17, 15) is 4.79 Å². The molecule has 0 spiro atoms. The van der Waals surface area contributed by atoms with Crippen LogP contribution < -0.4 is 0 Å². The monoisotopic (exact) mass is 224 g/mol. The van der Waals surface area contributed by atoms with Crippen molar-refractivity contribution in [2.75, 3.05) is 6.61 Å². The third-order valence-corrected chi connectivity index (χ3v) is 1.62. The van der Waals surface area contributed by atoms with Crippen LogP contribution in [0, 0.1) is 0 Å². The molecule has 0 fully saturated rings. The van der Waals surface area contributed by atoms with Crippen LogP contribution >= 0.6 is 0 Å². The smallest absolute Gasteiger partial charge is 0.306 e. The van der Waals surface area contributed by atoms with Gasteiger partial charge in [0.2, 0.25) is 0 Å². The molecule has 0 amide bonds. The molecular formula is C14H24O2. The average molecular weight is 224 g/mol. The van der Waals surface area contributed by atoms with Gasteiger partial charge in [-0.25, -0.2) is 0 Å². The van der Waals surface area contributed by atoms with E-state index < -0.39 is 0 Å². The van der Waals surface area contributed by atoms with Gasteiger partial charge in [-0.2, -0.15) is 0 Å². The fraction of sp³-hybridized carbons (Fsp3) is 0.500. The maximum absolute atomic E-state index is 11.0. The number of carbonyl (C=O) groups excluding carboxylic acids is 1. The van der Waals surface area contributed by atoms with Crippen molar-refractivity contribution in [3.05, 3.63) is 36.5 Å². The second kappa shape index (κ2) is 13.7. The Balaban J connectivity index is 0. The van der Waals surface area contributed by atoms with Crippen LogP contribution in [-0.4, -0.2) is 12.6 Å². The highest BCUT2D eigenvalue weighted by atomic mass is 16.5. The highest BCUT2D eigenvalue weighted by Crippen LogP contribution is 2.00. The van der Waals surface area contributed by atoms with E-state index in [0.717, 1.165) is 12.0 Å². The number of rotatable bonds is 6. The van der Waals surface area contributed by atoms with E-state index in [1.54, 1.807) is 6.08 Å². The number of allylic oxidation sites excluding steroid dienone is 3. The van der Waals surface area contributed by atoms with Gasteiger partial charge in [0.15, 0.2) is 0 Å². The lowest BCUT2D eigenvalue weighted by molar-refractivity contribution is -0.142. The molecule has 0 saturated carbocycles. The maximum atomic E-state index is 11.0. The maximum Gasteiger partial charge on any atom is 0.306 e. The first kappa shape index (κ1) is 17.1. The first-order chi connectivity index (χ1) is 7.74. The Bertz CT molecular complexity index is 237. The Morgan fingerprint density at radius 2 is 2.00 bits per heavy atom. The van der Waals surface area contributed by atoms with E-state index in [1.807, 2.05) is 45.9 Å². The van der Waals surface area contributed by atoms with Crippen LogP contribution in [0.25, 0.3) is 0 Å². The van der Waals surface area contributed by atoms with Crippen LogP contribution in [0.4, 0.5) is 0 Å². The highest BCUT2D eigenvalue weighted by molar-refractivity contribution is 5.69. The Kier molecular flexibility index (Phi) is 14.6. The molecule has 0 saturated heterocycles. The zero-order valence-electron chi connectivity index (χ0n) is 11.0. The molecule has 2 nitrogen and oxygen atoms in total. The predicted octanol–water partition coefficient (Wildman–Crippen LogP) is 4.04. The van der Waals surface area contributed by atoms with Crippen molar-refractivity contribution in [1.29, 1.82) is 0 Å². The van der Waals surface area contributed by atoms with Crippen molar-refractivity contribution in [2.24, 2.45) is 0 Å². The van der Waals surface area contributed by atoms with E-state index in [0.29, 0.717) is 13.0 Å². The summed E-state index contributed by atoms with van der Waals surface area (Å²) in [4.78, 5) is 11.0. The average Bonchev–Trinajstić information content (AvgIpc) is 2.32. The standard InChI is InChI=1S/C12H18O2.C2H6/c1-4-7-9-11(6-3)10-14-12(13)8-5-2;1-2/h4,6-7,9H,3,5,8,10H2,1-2H3;1-2H3/b7-4-,11-9+;. The Hall–Kier alpha value is -1.31. The lowest BCUT2D eigenvalue weighted by atomic mass is 10.2. The molecule has 0 rings (SSSR count). The van der Waals surface area contributed by atoms with Crippen molar-refractivity contribution in [1.82, 2.24) is 0 Å². The summed E-state index contributed by atoms with van der Waals surface area (Å²) < 4.78 is 5.02. The largest absolute Gasteiger partial charge is 0.461 e. The summed E-state index contributed by atoms with van der Waals surface area (Å²) >= 11 is 0. The van der Waals surface area contributed by atoms with Crippen molar-refractivity contribution < 1.29 is 9.53 Å². The SMILES string of the molecule is C=C/C(=C\C=C/C)COC(=O)CCC.CC. The van der Waals surface area contributed by atoms with Crippen LogP contribution in [0.15, 0.2) is 36.5 Å². The summed E-state index contributed by atoms with van der Waals surface area (Å²) in [6.45, 7) is 11.8. The molecule has 0 bridgehead atoms. The molecule has 0 unspecified atom stereocenters. The second-order valence-electron chi connectivity index (χ2n) is 2.88. The molecule has 0 aromatic rings. The van der Waals surface area contributed by atoms with E-state index in [2.05, 4.69) is 6.58 Å². The van der Waals surface area contributed by atoms with Crippen molar-refractivity contribution in [3.8, 4) is 0 Å². The van der Waals surface area contributed by atoms with Crippen LogP contribution in [0.1, 0.15) is 40.5 Å². The number of ether oxygens (including phenoxy) is 1. The van der Waals surface area contributed by atoms with Crippen molar-refractivity contribution in [3.63, 3.8) is 0 Å². The second-order valence-corrected chi connectivity index (χ2v) is 2.88. The molecule has 0 aliphatic rings. The van der Waals surface area contributed by atoms with E-state index >= 15 is 0 Å². The molecule has 0 heterocycles. The topological polar surface area (TPSA) is 26.3 Å². The van der Waals surface area contributed by atoms with Gasteiger partial charge >= 0.3 is 5.97 Å². The predicted molar refractivity (Wildman–Crippen MR) is 70.3 cm³/mol. The minimum atomic E-state index is -0.152. The Labute approximate surface area is 99.7 Å². The number of carbonyl (C=O) groups is 1. The Morgan fingerprint density at radius 1 is 1.38 bits per heavy atom. The van der Waals surface area contributed by atoms with Gasteiger partial charge in [-0.05, 0) is 18.9 Å². The lowest BCUT2D eigenvalue weighted by Crippen LogP contribution is -2.05. The summed E-state index contributed by atoms with van der Waals surface area (Å²) in [5, 5.41) is 0. The molecule has 0 radical (unpaired) electrons. The van der Waals surface area contributed by atoms with Crippen molar-refractivity contribution >= 4 is 5.97 Å². The Morgan fingerprint density at radius 3 is 2.44 bits per heavy atom. The van der Waals surface area contributed by atoms with Crippen LogP contribution in [0.5, 0.6) is 0 Å². The minimum absolute atomic E-state index is 0.152. The fourth-order valence-corrected chi connectivity index (χ4v) is 0.835. The molecule has 2 heteroatoms. The van der Waals surface area contributed by atoms with Crippen LogP contribution in [0.3, 0.4) is 0 Å². The molecule has 0 atom stereocenters. The summed E-state index contributed by atoms with van der Waals surface area (Å²) in [5.41, 5.74) is 0.910. The van der Waals surface area contributed by atoms with Gasteiger partial charge < -0.3 is 4.74 Å². The van der Waals surface area contributed by atoms with Gasteiger partial charge in [-0.3, -0.25) is 4.79 Å². The zero-order chi connectivity index (χ0) is 12.8. The van der Waals surface area contributed by atoms with Gasteiger partial charge in [-0.1, -0.05) is 51.7 Å². The van der Waals surface area contributed by atoms with Crippen LogP contribution in [0.2, 0.25) is 0 Å². The number of hydrogen-bond donors (Lipinski definition) is 0. The van der Waals surface area contributed by atoms with E-state index in [-0.39, 0.29) is 5.97 Å². The lowest BCUT2D eigenvalue weighted by Gasteiger charge is -2.03. The third kappa shape index (κ3) is 10.8.